The van der Waals surface area contributed by atoms with E-state index in [4.69, 9.17) is 9.47 Å². The molecule has 2 amide bonds. The van der Waals surface area contributed by atoms with Gasteiger partial charge in [-0.1, -0.05) is 0 Å². The van der Waals surface area contributed by atoms with Crippen molar-refractivity contribution in [1.29, 1.82) is 0 Å². The summed E-state index contributed by atoms with van der Waals surface area (Å²) >= 11 is 0. The van der Waals surface area contributed by atoms with Crippen LogP contribution in [0.5, 0.6) is 5.75 Å². The number of benzene rings is 1. The third-order valence-corrected chi connectivity index (χ3v) is 4.65. The van der Waals surface area contributed by atoms with Crippen LogP contribution in [0.3, 0.4) is 0 Å². The van der Waals surface area contributed by atoms with Crippen LogP contribution < -0.4 is 4.74 Å². The summed E-state index contributed by atoms with van der Waals surface area (Å²) in [4.78, 5) is 38.9. The monoisotopic (exact) mass is 362 g/mol. The number of amides is 2. The Morgan fingerprint density at radius 3 is 2.42 bits per heavy atom. The maximum atomic E-state index is 12.3. The van der Waals surface area contributed by atoms with Crippen molar-refractivity contribution in [1.82, 2.24) is 9.80 Å². The number of piperidine rings is 1. The first-order chi connectivity index (χ1) is 12.6. The van der Waals surface area contributed by atoms with Crippen molar-refractivity contribution in [3.05, 3.63) is 29.8 Å². The van der Waals surface area contributed by atoms with Crippen molar-refractivity contribution in [3.8, 4) is 5.75 Å². The molecule has 0 saturated carbocycles. The van der Waals surface area contributed by atoms with Gasteiger partial charge in [-0.25, -0.2) is 14.4 Å². The van der Waals surface area contributed by atoms with Gasteiger partial charge in [-0.05, 0) is 43.5 Å². The third kappa shape index (κ3) is 4.07. The molecule has 140 valence electrons. The number of nitrogens with zero attached hydrogens (tertiary/aromatic N) is 2. The molecule has 0 bridgehead atoms. The number of ether oxygens (including phenoxy) is 3. The molecule has 0 atom stereocenters. The van der Waals surface area contributed by atoms with Gasteiger partial charge in [0, 0.05) is 25.7 Å². The van der Waals surface area contributed by atoms with E-state index in [1.807, 2.05) is 0 Å². The fourth-order valence-corrected chi connectivity index (χ4v) is 3.20. The lowest BCUT2D eigenvalue weighted by molar-refractivity contribution is 0.0390. The van der Waals surface area contributed by atoms with Gasteiger partial charge in [0.25, 0.3) is 0 Å². The van der Waals surface area contributed by atoms with E-state index in [1.54, 1.807) is 34.1 Å². The molecule has 0 unspecified atom stereocenters. The van der Waals surface area contributed by atoms with Crippen LogP contribution in [-0.4, -0.2) is 67.3 Å². The maximum Gasteiger partial charge on any atom is 0.415 e. The molecule has 0 spiro atoms. The van der Waals surface area contributed by atoms with Gasteiger partial charge in [0.05, 0.1) is 19.3 Å². The van der Waals surface area contributed by atoms with Gasteiger partial charge in [-0.3, -0.25) is 0 Å². The Morgan fingerprint density at radius 2 is 1.81 bits per heavy atom. The van der Waals surface area contributed by atoms with Crippen LogP contribution >= 0.6 is 0 Å². The highest BCUT2D eigenvalue weighted by molar-refractivity contribution is 5.89. The molecule has 3 rings (SSSR count). The Hall–Kier alpha value is -2.77. The van der Waals surface area contributed by atoms with Crippen LogP contribution in [0.25, 0.3) is 0 Å². The van der Waals surface area contributed by atoms with E-state index >= 15 is 0 Å². The largest absolute Gasteiger partial charge is 0.465 e. The highest BCUT2D eigenvalue weighted by atomic mass is 16.6. The minimum atomic E-state index is -0.443. The maximum absolute atomic E-state index is 12.3. The molecule has 8 heteroatoms. The molecule has 26 heavy (non-hydrogen) atoms. The number of carbonyl (C=O) groups is 3. The Kier molecular flexibility index (Phi) is 5.60. The lowest BCUT2D eigenvalue weighted by Crippen LogP contribution is -2.51. The number of hydrogen-bond donors (Lipinski definition) is 0. The van der Waals surface area contributed by atoms with Crippen molar-refractivity contribution in [3.63, 3.8) is 0 Å². The lowest BCUT2D eigenvalue weighted by Gasteiger charge is -2.39. The van der Waals surface area contributed by atoms with Crippen molar-refractivity contribution in [2.45, 2.75) is 25.3 Å². The summed E-state index contributed by atoms with van der Waals surface area (Å²) in [5.41, 5.74) is 0.390. The average molecular weight is 362 g/mol. The molecule has 1 aromatic rings. The highest BCUT2D eigenvalue weighted by Gasteiger charge is 2.32. The van der Waals surface area contributed by atoms with Crippen LogP contribution in [-0.2, 0) is 9.47 Å². The molecule has 0 N–H and O–H groups in total. The van der Waals surface area contributed by atoms with Gasteiger partial charge < -0.3 is 24.0 Å². The molecule has 2 aliphatic heterocycles. The first-order valence-electron chi connectivity index (χ1n) is 8.67. The average Bonchev–Trinajstić information content (AvgIpc) is 2.68. The second kappa shape index (κ2) is 8.07. The Labute approximate surface area is 151 Å². The summed E-state index contributed by atoms with van der Waals surface area (Å²) in [5, 5.41) is 0. The van der Waals surface area contributed by atoms with E-state index in [0.29, 0.717) is 50.4 Å². The van der Waals surface area contributed by atoms with E-state index < -0.39 is 12.1 Å². The topological polar surface area (TPSA) is 85.4 Å². The molecule has 8 nitrogen and oxygen atoms in total. The van der Waals surface area contributed by atoms with E-state index in [0.717, 1.165) is 6.42 Å². The SMILES string of the molecule is COC(=O)c1ccc(OC(=O)N2CCC(N3CCCOC3=O)CC2)cc1. The number of methoxy groups -OCH3 is 1. The summed E-state index contributed by atoms with van der Waals surface area (Å²) in [7, 11) is 1.31. The van der Waals surface area contributed by atoms with Crippen LogP contribution in [0, 0.1) is 0 Å². The van der Waals surface area contributed by atoms with Crippen molar-refractivity contribution in [2.24, 2.45) is 0 Å². The normalized spacial score (nSPS) is 18.3. The second-order valence-electron chi connectivity index (χ2n) is 6.26. The fraction of sp³-hybridized carbons (Fsp3) is 0.500. The van der Waals surface area contributed by atoms with Crippen LogP contribution in [0.15, 0.2) is 24.3 Å². The second-order valence-corrected chi connectivity index (χ2v) is 6.26. The molecule has 0 aliphatic carbocycles. The molecular formula is C18H22N2O6. The minimum absolute atomic E-state index is 0.103. The third-order valence-electron chi connectivity index (χ3n) is 4.65. The molecule has 2 heterocycles. The van der Waals surface area contributed by atoms with Gasteiger partial charge in [-0.2, -0.15) is 0 Å². The molecule has 1 aromatic carbocycles. The molecular weight excluding hydrogens is 340 g/mol. The number of hydrogen-bond acceptors (Lipinski definition) is 6. The van der Waals surface area contributed by atoms with Crippen molar-refractivity contribution >= 4 is 18.2 Å². The summed E-state index contributed by atoms with van der Waals surface area (Å²) < 4.78 is 15.1. The minimum Gasteiger partial charge on any atom is -0.465 e. The van der Waals surface area contributed by atoms with Crippen molar-refractivity contribution in [2.75, 3.05) is 33.4 Å². The Balaban J connectivity index is 1.50. The predicted octanol–water partition coefficient (Wildman–Crippen LogP) is 2.28. The number of likely N-dealkylation sites (tertiary alicyclic amines) is 1. The van der Waals surface area contributed by atoms with Crippen LogP contribution in [0.2, 0.25) is 0 Å². The predicted molar refractivity (Wildman–Crippen MR) is 91.1 cm³/mol. The number of esters is 1. The Morgan fingerprint density at radius 1 is 1.12 bits per heavy atom. The van der Waals surface area contributed by atoms with Gasteiger partial charge in [0.2, 0.25) is 0 Å². The molecule has 2 aliphatic rings. The van der Waals surface area contributed by atoms with Gasteiger partial charge in [-0.15, -0.1) is 0 Å². The zero-order valence-electron chi connectivity index (χ0n) is 14.7. The Bertz CT molecular complexity index is 667. The van der Waals surface area contributed by atoms with Crippen LogP contribution in [0.4, 0.5) is 9.59 Å². The van der Waals surface area contributed by atoms with E-state index in [-0.39, 0.29) is 12.1 Å². The van der Waals surface area contributed by atoms with E-state index in [2.05, 4.69) is 4.74 Å². The quantitative estimate of drug-likeness (QED) is 0.767. The van der Waals surface area contributed by atoms with Crippen LogP contribution in [0.1, 0.15) is 29.6 Å². The van der Waals surface area contributed by atoms with Gasteiger partial charge >= 0.3 is 18.2 Å². The lowest BCUT2D eigenvalue weighted by atomic mass is 10.0. The standard InChI is InChI=1S/C18H22N2O6/c1-24-16(21)13-3-5-15(6-4-13)26-17(22)19-10-7-14(8-11-19)20-9-2-12-25-18(20)23/h3-6,14H,2,7-12H2,1H3. The molecule has 2 fully saturated rings. The van der Waals surface area contributed by atoms with Gasteiger partial charge in [0.15, 0.2) is 0 Å². The highest BCUT2D eigenvalue weighted by Crippen LogP contribution is 2.21. The first-order valence-corrected chi connectivity index (χ1v) is 8.67. The molecule has 0 radical (unpaired) electrons. The number of carbonyl (C=O) groups excluding carboxylic acids is 3. The summed E-state index contributed by atoms with van der Waals surface area (Å²) in [5.74, 6) is -0.0782. The zero-order chi connectivity index (χ0) is 18.5. The number of cyclic esters (lactones) is 1. The zero-order valence-corrected chi connectivity index (χ0v) is 14.7. The summed E-state index contributed by atoms with van der Waals surface area (Å²) in [6, 6.07) is 6.30. The fourth-order valence-electron chi connectivity index (χ4n) is 3.20. The number of rotatable bonds is 3. The summed E-state index contributed by atoms with van der Waals surface area (Å²) in [6.45, 7) is 2.23. The van der Waals surface area contributed by atoms with E-state index in [1.165, 1.54) is 7.11 Å². The molecule has 0 aromatic heterocycles. The van der Waals surface area contributed by atoms with Gasteiger partial charge in [0.1, 0.15) is 5.75 Å². The smallest absolute Gasteiger partial charge is 0.415 e. The van der Waals surface area contributed by atoms with E-state index in [9.17, 15) is 14.4 Å². The van der Waals surface area contributed by atoms with Crippen molar-refractivity contribution < 1.29 is 28.6 Å². The first kappa shape index (κ1) is 18.0. The summed E-state index contributed by atoms with van der Waals surface area (Å²) in [6.07, 6.45) is 1.55. The molecule has 2 saturated heterocycles.